The van der Waals surface area contributed by atoms with Crippen LogP contribution in [0.5, 0.6) is 11.5 Å². The highest BCUT2D eigenvalue weighted by atomic mass is 19.1. The molecule has 0 aromatic heterocycles. The van der Waals surface area contributed by atoms with Crippen LogP contribution in [0.3, 0.4) is 0 Å². The quantitative estimate of drug-likeness (QED) is 0.668. The smallest absolute Gasteiger partial charge is 0.191 e. The fourth-order valence-electron chi connectivity index (χ4n) is 2.38. The standard InChI is InChI=1S/C18H20FN3O2/c1-20-18(21-10-13-6-8-14(19)9-7-13)22-11-15-12-23-16-4-2-3-5-17(16)24-15/h2-9,15H,10-12H2,1H3,(H2,20,21,22). The molecular weight excluding hydrogens is 309 g/mol. The van der Waals surface area contributed by atoms with E-state index in [4.69, 9.17) is 9.47 Å². The molecule has 126 valence electrons. The van der Waals surface area contributed by atoms with Gasteiger partial charge in [-0.05, 0) is 29.8 Å². The van der Waals surface area contributed by atoms with Crippen LogP contribution in [-0.2, 0) is 6.54 Å². The highest BCUT2D eigenvalue weighted by Gasteiger charge is 2.20. The van der Waals surface area contributed by atoms with E-state index in [-0.39, 0.29) is 11.9 Å². The van der Waals surface area contributed by atoms with Crippen molar-refractivity contribution in [3.8, 4) is 11.5 Å². The van der Waals surface area contributed by atoms with Gasteiger partial charge in [-0.3, -0.25) is 4.99 Å². The number of guanidine groups is 1. The van der Waals surface area contributed by atoms with Gasteiger partial charge in [0.25, 0.3) is 0 Å². The van der Waals surface area contributed by atoms with Gasteiger partial charge in [0, 0.05) is 13.6 Å². The third-order valence-electron chi connectivity index (χ3n) is 3.66. The number of fused-ring (bicyclic) bond motifs is 1. The molecule has 2 aromatic carbocycles. The van der Waals surface area contributed by atoms with Crippen LogP contribution in [0, 0.1) is 5.82 Å². The fourth-order valence-corrected chi connectivity index (χ4v) is 2.38. The summed E-state index contributed by atoms with van der Waals surface area (Å²) >= 11 is 0. The first-order valence-corrected chi connectivity index (χ1v) is 7.82. The first-order chi connectivity index (χ1) is 11.7. The van der Waals surface area contributed by atoms with E-state index < -0.39 is 0 Å². The Labute approximate surface area is 140 Å². The van der Waals surface area contributed by atoms with Gasteiger partial charge in [-0.2, -0.15) is 0 Å². The minimum Gasteiger partial charge on any atom is -0.486 e. The molecule has 2 N–H and O–H groups in total. The Morgan fingerprint density at radius 1 is 1.12 bits per heavy atom. The first kappa shape index (κ1) is 16.1. The average Bonchev–Trinajstić information content (AvgIpc) is 2.63. The number of benzene rings is 2. The predicted octanol–water partition coefficient (Wildman–Crippen LogP) is 2.33. The second kappa shape index (κ2) is 7.68. The molecule has 1 heterocycles. The lowest BCUT2D eigenvalue weighted by atomic mass is 10.2. The zero-order valence-corrected chi connectivity index (χ0v) is 13.5. The summed E-state index contributed by atoms with van der Waals surface area (Å²) in [6.07, 6.45) is -0.0933. The van der Waals surface area contributed by atoms with Gasteiger partial charge in [0.05, 0.1) is 6.54 Å². The number of nitrogens with one attached hydrogen (secondary N) is 2. The number of hydrogen-bond acceptors (Lipinski definition) is 3. The Morgan fingerprint density at radius 3 is 2.62 bits per heavy atom. The van der Waals surface area contributed by atoms with Gasteiger partial charge >= 0.3 is 0 Å². The van der Waals surface area contributed by atoms with Gasteiger partial charge in [-0.25, -0.2) is 4.39 Å². The molecule has 0 radical (unpaired) electrons. The number of rotatable bonds is 4. The molecule has 0 amide bonds. The number of aliphatic imine (C=N–C) groups is 1. The zero-order chi connectivity index (χ0) is 16.8. The maximum Gasteiger partial charge on any atom is 0.191 e. The highest BCUT2D eigenvalue weighted by molar-refractivity contribution is 5.79. The fraction of sp³-hybridized carbons (Fsp3) is 0.278. The second-order valence-corrected chi connectivity index (χ2v) is 5.43. The number of para-hydroxylation sites is 2. The SMILES string of the molecule is CN=C(NCc1ccc(F)cc1)NCC1COc2ccccc2O1. The van der Waals surface area contributed by atoms with Crippen molar-refractivity contribution in [3.63, 3.8) is 0 Å². The molecule has 0 fully saturated rings. The van der Waals surface area contributed by atoms with Crippen LogP contribution in [0.2, 0.25) is 0 Å². The Kier molecular flexibility index (Phi) is 5.15. The van der Waals surface area contributed by atoms with Crippen molar-refractivity contribution in [1.82, 2.24) is 10.6 Å². The van der Waals surface area contributed by atoms with Crippen molar-refractivity contribution in [2.45, 2.75) is 12.6 Å². The van der Waals surface area contributed by atoms with E-state index in [0.717, 1.165) is 17.1 Å². The summed E-state index contributed by atoms with van der Waals surface area (Å²) < 4.78 is 24.5. The summed E-state index contributed by atoms with van der Waals surface area (Å²) in [5.41, 5.74) is 0.977. The molecule has 2 aromatic rings. The number of nitrogens with zero attached hydrogens (tertiary/aromatic N) is 1. The number of ether oxygens (including phenoxy) is 2. The molecule has 0 saturated heterocycles. The van der Waals surface area contributed by atoms with Crippen molar-refractivity contribution in [1.29, 1.82) is 0 Å². The van der Waals surface area contributed by atoms with E-state index in [2.05, 4.69) is 15.6 Å². The lowest BCUT2D eigenvalue weighted by molar-refractivity contribution is 0.0936. The molecule has 24 heavy (non-hydrogen) atoms. The summed E-state index contributed by atoms with van der Waals surface area (Å²) in [5.74, 6) is 1.94. The van der Waals surface area contributed by atoms with Crippen molar-refractivity contribution < 1.29 is 13.9 Å². The third kappa shape index (κ3) is 4.16. The van der Waals surface area contributed by atoms with Gasteiger partial charge in [-0.1, -0.05) is 24.3 Å². The van der Waals surface area contributed by atoms with Gasteiger partial charge in [-0.15, -0.1) is 0 Å². The Balaban J connectivity index is 1.47. The molecule has 1 aliphatic heterocycles. The molecule has 0 bridgehead atoms. The maximum absolute atomic E-state index is 12.9. The van der Waals surface area contributed by atoms with Crippen molar-refractivity contribution in [2.24, 2.45) is 4.99 Å². The Morgan fingerprint density at radius 2 is 1.88 bits per heavy atom. The van der Waals surface area contributed by atoms with Crippen molar-refractivity contribution in [3.05, 3.63) is 59.9 Å². The average molecular weight is 329 g/mol. The third-order valence-corrected chi connectivity index (χ3v) is 3.66. The maximum atomic E-state index is 12.9. The molecule has 0 spiro atoms. The van der Waals surface area contributed by atoms with Crippen LogP contribution in [0.15, 0.2) is 53.5 Å². The minimum absolute atomic E-state index is 0.0933. The lowest BCUT2D eigenvalue weighted by Gasteiger charge is -2.27. The molecular formula is C18H20FN3O2. The zero-order valence-electron chi connectivity index (χ0n) is 13.5. The lowest BCUT2D eigenvalue weighted by Crippen LogP contribution is -2.45. The molecule has 3 rings (SSSR count). The monoisotopic (exact) mass is 329 g/mol. The summed E-state index contributed by atoms with van der Waals surface area (Å²) in [6, 6.07) is 14.0. The van der Waals surface area contributed by atoms with Crippen LogP contribution in [0.4, 0.5) is 4.39 Å². The predicted molar refractivity (Wildman–Crippen MR) is 91.0 cm³/mol. The van der Waals surface area contributed by atoms with E-state index in [1.165, 1.54) is 12.1 Å². The van der Waals surface area contributed by atoms with Crippen LogP contribution < -0.4 is 20.1 Å². The first-order valence-electron chi connectivity index (χ1n) is 7.82. The number of hydrogen-bond donors (Lipinski definition) is 2. The van der Waals surface area contributed by atoms with E-state index in [9.17, 15) is 4.39 Å². The highest BCUT2D eigenvalue weighted by Crippen LogP contribution is 2.30. The van der Waals surface area contributed by atoms with E-state index in [1.54, 1.807) is 19.2 Å². The molecule has 6 heteroatoms. The summed E-state index contributed by atoms with van der Waals surface area (Å²) in [4.78, 5) is 4.17. The van der Waals surface area contributed by atoms with E-state index >= 15 is 0 Å². The summed E-state index contributed by atoms with van der Waals surface area (Å²) in [5, 5.41) is 6.40. The molecule has 0 saturated carbocycles. The normalized spacial score (nSPS) is 16.6. The molecule has 5 nitrogen and oxygen atoms in total. The van der Waals surface area contributed by atoms with E-state index in [1.807, 2.05) is 24.3 Å². The second-order valence-electron chi connectivity index (χ2n) is 5.43. The summed E-state index contributed by atoms with van der Waals surface area (Å²) in [7, 11) is 1.70. The number of halogens is 1. The Hall–Kier alpha value is -2.76. The molecule has 1 atom stereocenters. The van der Waals surface area contributed by atoms with Crippen LogP contribution >= 0.6 is 0 Å². The van der Waals surface area contributed by atoms with Gasteiger partial charge in [0.15, 0.2) is 17.5 Å². The molecule has 1 unspecified atom stereocenters. The molecule has 1 aliphatic rings. The van der Waals surface area contributed by atoms with Crippen molar-refractivity contribution >= 4 is 5.96 Å². The van der Waals surface area contributed by atoms with Crippen LogP contribution in [-0.4, -0.2) is 32.3 Å². The molecule has 0 aliphatic carbocycles. The van der Waals surface area contributed by atoms with Crippen LogP contribution in [0.25, 0.3) is 0 Å². The van der Waals surface area contributed by atoms with E-state index in [0.29, 0.717) is 25.7 Å². The van der Waals surface area contributed by atoms with Crippen LogP contribution in [0.1, 0.15) is 5.56 Å². The van der Waals surface area contributed by atoms with Crippen molar-refractivity contribution in [2.75, 3.05) is 20.2 Å². The largest absolute Gasteiger partial charge is 0.486 e. The Bertz CT molecular complexity index is 704. The van der Waals surface area contributed by atoms with Gasteiger partial charge in [0.1, 0.15) is 18.5 Å². The summed E-state index contributed by atoms with van der Waals surface area (Å²) in [6.45, 7) is 1.61. The topological polar surface area (TPSA) is 54.9 Å². The van der Waals surface area contributed by atoms with Gasteiger partial charge in [0.2, 0.25) is 0 Å². The minimum atomic E-state index is -0.240. The van der Waals surface area contributed by atoms with Gasteiger partial charge < -0.3 is 20.1 Å².